The molecule has 2 radical (unpaired) electrons. The van der Waals surface area contributed by atoms with E-state index in [0.29, 0.717) is 6.61 Å². The van der Waals surface area contributed by atoms with Crippen molar-refractivity contribution in [2.75, 3.05) is 6.61 Å². The van der Waals surface area contributed by atoms with Crippen molar-refractivity contribution < 1.29 is 19.4 Å². The third-order valence-corrected chi connectivity index (χ3v) is 2.51. The summed E-state index contributed by atoms with van der Waals surface area (Å²) >= 11 is 0. The minimum Gasteiger partial charge on any atom is -0.374 e. The molecule has 1 heterocycles. The maximum absolute atomic E-state index is 8.72. The molecular weight excluding hydrogens is 178 g/mol. The number of rotatable bonds is 2. The van der Waals surface area contributed by atoms with Gasteiger partial charge in [0.05, 0.1) is 11.3 Å². The lowest BCUT2D eigenvalue weighted by Crippen LogP contribution is -2.03. The van der Waals surface area contributed by atoms with E-state index in [2.05, 4.69) is 0 Å². The largest absolute Gasteiger partial charge is 0.424 e. The van der Waals surface area contributed by atoms with E-state index < -0.39 is 7.94 Å². The molecule has 0 saturated carbocycles. The Morgan fingerprint density at radius 1 is 1.50 bits per heavy atom. The summed E-state index contributed by atoms with van der Waals surface area (Å²) in [6.07, 6.45) is 2.92. The molecule has 6 heteroatoms. The smallest absolute Gasteiger partial charge is 0.374 e. The van der Waals surface area contributed by atoms with Crippen molar-refractivity contribution in [2.45, 2.75) is 18.9 Å². The van der Waals surface area contributed by atoms with Gasteiger partial charge in [0.2, 0.25) is 0 Å². The molecule has 1 aliphatic heterocycles. The van der Waals surface area contributed by atoms with Gasteiger partial charge in [0, 0.05) is 6.61 Å². The van der Waals surface area contributed by atoms with Gasteiger partial charge in [0.15, 0.2) is 7.85 Å². The summed E-state index contributed by atoms with van der Waals surface area (Å²) in [6, 6.07) is 0. The molecule has 0 aromatic carbocycles. The van der Waals surface area contributed by atoms with Crippen LogP contribution in [-0.2, 0) is 4.74 Å². The van der Waals surface area contributed by atoms with Crippen molar-refractivity contribution in [3.8, 4) is 0 Å². The molecule has 3 N–H and O–H groups in total. The van der Waals surface area contributed by atoms with E-state index in [9.17, 15) is 0 Å². The Morgan fingerprint density at radius 3 is 2.58 bits per heavy atom. The van der Waals surface area contributed by atoms with E-state index in [1.165, 1.54) is 6.08 Å². The predicted octanol–water partition coefficient (Wildman–Crippen LogP) is -0.0852. The van der Waals surface area contributed by atoms with Gasteiger partial charge in [-0.05, 0) is 18.9 Å². The highest BCUT2D eigenvalue weighted by atomic mass is 31.2. The van der Waals surface area contributed by atoms with E-state index >= 15 is 0 Å². The number of hydrogen-bond donors (Lipinski definition) is 3. The highest BCUT2D eigenvalue weighted by Gasteiger charge is 2.33. The van der Waals surface area contributed by atoms with Crippen LogP contribution in [0.25, 0.3) is 0 Å². The first-order valence-electron chi connectivity index (χ1n) is 3.67. The molecule has 1 aliphatic rings. The summed E-state index contributed by atoms with van der Waals surface area (Å²) in [5, 5.41) is -0.283. The van der Waals surface area contributed by atoms with E-state index in [-0.39, 0.29) is 11.3 Å². The normalized spacial score (nSPS) is 26.2. The molecule has 0 spiro atoms. The third-order valence-electron chi connectivity index (χ3n) is 1.67. The van der Waals surface area contributed by atoms with Crippen LogP contribution in [-0.4, -0.2) is 35.2 Å². The van der Waals surface area contributed by atoms with Crippen molar-refractivity contribution in [1.29, 1.82) is 0 Å². The molecule has 1 rings (SSSR count). The van der Waals surface area contributed by atoms with E-state index in [0.717, 1.165) is 12.8 Å². The Bertz CT molecular complexity index is 182. The summed E-state index contributed by atoms with van der Waals surface area (Å²) < 4.78 is 5.15. The summed E-state index contributed by atoms with van der Waals surface area (Å²) in [5.41, 5.74) is 0. The molecule has 66 valence electrons. The standard InChI is InChI=1S/C6H11BO4P/c7-6(12(8,9)10)4-5-2-1-3-11-5/h4-5,8-10H,1-3H2/q+1/b6-4+. The molecule has 0 aromatic rings. The molecule has 0 bridgehead atoms. The van der Waals surface area contributed by atoms with Gasteiger partial charge in [-0.2, -0.15) is 14.7 Å². The topological polar surface area (TPSA) is 69.9 Å². The van der Waals surface area contributed by atoms with E-state index in [1.807, 2.05) is 0 Å². The molecule has 0 aromatic heterocycles. The van der Waals surface area contributed by atoms with Gasteiger partial charge >= 0.3 is 7.94 Å². The Kier molecular flexibility index (Phi) is 3.26. The Morgan fingerprint density at radius 2 is 2.17 bits per heavy atom. The second kappa shape index (κ2) is 3.86. The first kappa shape index (κ1) is 10.2. The zero-order valence-electron chi connectivity index (χ0n) is 6.55. The van der Waals surface area contributed by atoms with Crippen LogP contribution in [0.4, 0.5) is 0 Å². The lowest BCUT2D eigenvalue weighted by molar-refractivity contribution is 0.145. The lowest BCUT2D eigenvalue weighted by Gasteiger charge is -2.07. The van der Waals surface area contributed by atoms with Crippen LogP contribution in [0.1, 0.15) is 12.8 Å². The van der Waals surface area contributed by atoms with Crippen LogP contribution < -0.4 is 0 Å². The van der Waals surface area contributed by atoms with Crippen LogP contribution in [0, 0.1) is 0 Å². The van der Waals surface area contributed by atoms with Gasteiger partial charge in [-0.3, -0.25) is 0 Å². The Hall–Kier alpha value is 0.0749. The highest BCUT2D eigenvalue weighted by Crippen LogP contribution is 2.52. The van der Waals surface area contributed by atoms with Crippen LogP contribution in [0.15, 0.2) is 11.3 Å². The fourth-order valence-electron chi connectivity index (χ4n) is 1.02. The second-order valence-electron chi connectivity index (χ2n) is 2.71. The maximum atomic E-state index is 8.72. The highest BCUT2D eigenvalue weighted by molar-refractivity contribution is 7.65. The van der Waals surface area contributed by atoms with Crippen molar-refractivity contribution in [3.63, 3.8) is 0 Å². The molecular formula is C6H11BO4P+. The molecule has 1 fully saturated rings. The van der Waals surface area contributed by atoms with Crippen LogP contribution >= 0.6 is 7.94 Å². The predicted molar refractivity (Wildman–Crippen MR) is 46.4 cm³/mol. The molecule has 0 amide bonds. The molecule has 0 aliphatic carbocycles. The molecule has 12 heavy (non-hydrogen) atoms. The quantitative estimate of drug-likeness (QED) is 0.419. The van der Waals surface area contributed by atoms with Gasteiger partial charge in [-0.1, -0.05) is 0 Å². The maximum Gasteiger partial charge on any atom is 0.424 e. The average Bonchev–Trinajstić information content (AvgIpc) is 2.37. The minimum atomic E-state index is -4.00. The number of ether oxygens (including phenoxy) is 1. The van der Waals surface area contributed by atoms with Gasteiger partial charge in [-0.25, -0.2) is 0 Å². The average molecular weight is 189 g/mol. The lowest BCUT2D eigenvalue weighted by atomic mass is 10.1. The molecule has 1 unspecified atom stereocenters. The van der Waals surface area contributed by atoms with Crippen LogP contribution in [0.3, 0.4) is 0 Å². The number of hydrogen-bond acceptors (Lipinski definition) is 4. The fraction of sp³-hybridized carbons (Fsp3) is 0.667. The minimum absolute atomic E-state index is 0.184. The second-order valence-corrected chi connectivity index (χ2v) is 4.36. The van der Waals surface area contributed by atoms with E-state index in [4.69, 9.17) is 27.3 Å². The summed E-state index contributed by atoms with van der Waals surface area (Å²) in [6.45, 7) is 0.655. The Labute approximate surface area is 72.9 Å². The van der Waals surface area contributed by atoms with Gasteiger partial charge in [0.25, 0.3) is 0 Å². The van der Waals surface area contributed by atoms with Crippen molar-refractivity contribution in [2.24, 2.45) is 0 Å². The molecule has 4 nitrogen and oxygen atoms in total. The van der Waals surface area contributed by atoms with Crippen molar-refractivity contribution >= 4 is 15.8 Å². The van der Waals surface area contributed by atoms with Gasteiger partial charge in [-0.15, -0.1) is 0 Å². The molecule has 1 atom stereocenters. The SMILES string of the molecule is [B]/C(=C\C1CCCO1)[P+](O)(O)O. The zero-order valence-corrected chi connectivity index (χ0v) is 7.44. The fourth-order valence-corrected chi connectivity index (χ4v) is 1.39. The van der Waals surface area contributed by atoms with Gasteiger partial charge in [0.1, 0.15) is 0 Å². The summed E-state index contributed by atoms with van der Waals surface area (Å²) in [4.78, 5) is 26.2. The monoisotopic (exact) mass is 189 g/mol. The first-order valence-corrected chi connectivity index (χ1v) is 5.31. The summed E-state index contributed by atoms with van der Waals surface area (Å²) in [7, 11) is 1.21. The Balaban J connectivity index is 2.55. The summed E-state index contributed by atoms with van der Waals surface area (Å²) in [5.74, 6) is 0. The molecule has 1 saturated heterocycles. The van der Waals surface area contributed by atoms with Crippen LogP contribution in [0.2, 0.25) is 0 Å². The third kappa shape index (κ3) is 2.85. The van der Waals surface area contributed by atoms with Gasteiger partial charge < -0.3 is 4.74 Å². The van der Waals surface area contributed by atoms with Crippen LogP contribution in [0.5, 0.6) is 0 Å². The van der Waals surface area contributed by atoms with Crippen molar-refractivity contribution in [3.05, 3.63) is 11.3 Å². The van der Waals surface area contributed by atoms with E-state index in [1.54, 1.807) is 0 Å². The zero-order chi connectivity index (χ0) is 9.19. The first-order chi connectivity index (χ1) is 5.50. The van der Waals surface area contributed by atoms with Crippen molar-refractivity contribution in [1.82, 2.24) is 0 Å².